The molecule has 1 aromatic carbocycles. The normalized spacial score (nSPS) is 13.6. The van der Waals surface area contributed by atoms with Crippen LogP contribution in [0, 0.1) is 5.82 Å². The molecule has 0 aliphatic carbocycles. The summed E-state index contributed by atoms with van der Waals surface area (Å²) in [5.74, 6) is -0.390. The summed E-state index contributed by atoms with van der Waals surface area (Å²) in [6.45, 7) is 5.47. The third kappa shape index (κ3) is 3.81. The van der Waals surface area contributed by atoms with Crippen LogP contribution in [0.25, 0.3) is 0 Å². The van der Waals surface area contributed by atoms with E-state index >= 15 is 0 Å². The van der Waals surface area contributed by atoms with E-state index in [9.17, 15) is 4.39 Å². The summed E-state index contributed by atoms with van der Waals surface area (Å²) in [4.78, 5) is 4.17. The molecule has 0 unspecified atom stereocenters. The molecule has 0 amide bonds. The SMILES string of the molecule is CC(C)(C)N=C(NO)/C(=N/O)c1ccc(F)cc1. The Labute approximate surface area is 105 Å². The van der Waals surface area contributed by atoms with Gasteiger partial charge in [-0.15, -0.1) is 0 Å². The van der Waals surface area contributed by atoms with Crippen LogP contribution in [0.1, 0.15) is 26.3 Å². The average molecular weight is 253 g/mol. The van der Waals surface area contributed by atoms with E-state index in [1.54, 1.807) is 0 Å². The molecule has 1 aromatic rings. The van der Waals surface area contributed by atoms with Crippen LogP contribution in [0.15, 0.2) is 34.4 Å². The van der Waals surface area contributed by atoms with Gasteiger partial charge in [0.25, 0.3) is 0 Å². The molecule has 0 saturated heterocycles. The lowest BCUT2D eigenvalue weighted by molar-refractivity contribution is 0.234. The van der Waals surface area contributed by atoms with Gasteiger partial charge in [0.2, 0.25) is 0 Å². The van der Waals surface area contributed by atoms with Crippen molar-refractivity contribution in [2.24, 2.45) is 10.1 Å². The third-order valence-electron chi connectivity index (χ3n) is 2.00. The highest BCUT2D eigenvalue weighted by atomic mass is 19.1. The number of rotatable bonds is 2. The maximum absolute atomic E-state index is 12.8. The van der Waals surface area contributed by atoms with E-state index in [4.69, 9.17) is 10.4 Å². The Hall–Kier alpha value is -1.95. The third-order valence-corrected chi connectivity index (χ3v) is 2.00. The number of hydrogen-bond acceptors (Lipinski definition) is 4. The second kappa shape index (κ2) is 5.59. The van der Waals surface area contributed by atoms with E-state index in [2.05, 4.69) is 10.1 Å². The first-order valence-corrected chi connectivity index (χ1v) is 5.35. The molecular formula is C12H16FN3O2. The van der Waals surface area contributed by atoms with E-state index in [0.29, 0.717) is 5.56 Å². The summed E-state index contributed by atoms with van der Waals surface area (Å²) in [5, 5.41) is 21.2. The van der Waals surface area contributed by atoms with E-state index < -0.39 is 11.4 Å². The van der Waals surface area contributed by atoms with Crippen molar-refractivity contribution in [1.82, 2.24) is 5.48 Å². The number of hydrogen-bond donors (Lipinski definition) is 3. The molecule has 0 bridgehead atoms. The van der Waals surface area contributed by atoms with Gasteiger partial charge in [-0.05, 0) is 45.0 Å². The fraction of sp³-hybridized carbons (Fsp3) is 0.333. The zero-order valence-corrected chi connectivity index (χ0v) is 10.5. The summed E-state index contributed by atoms with van der Waals surface area (Å²) < 4.78 is 12.8. The van der Waals surface area contributed by atoms with Crippen LogP contribution in [-0.4, -0.2) is 27.5 Å². The van der Waals surface area contributed by atoms with Crippen molar-refractivity contribution in [3.8, 4) is 0 Å². The zero-order chi connectivity index (χ0) is 13.8. The van der Waals surface area contributed by atoms with Gasteiger partial charge in [0.15, 0.2) is 11.5 Å². The molecule has 6 heteroatoms. The van der Waals surface area contributed by atoms with Gasteiger partial charge in [0.1, 0.15) is 5.82 Å². The number of benzene rings is 1. The molecule has 1 rings (SSSR count). The van der Waals surface area contributed by atoms with E-state index in [1.165, 1.54) is 24.3 Å². The molecular weight excluding hydrogens is 237 g/mol. The summed E-state index contributed by atoms with van der Waals surface area (Å²) in [6.07, 6.45) is 0. The lowest BCUT2D eigenvalue weighted by Crippen LogP contribution is -2.32. The number of nitrogens with one attached hydrogen (secondary N) is 1. The van der Waals surface area contributed by atoms with Crippen molar-refractivity contribution in [2.75, 3.05) is 0 Å². The van der Waals surface area contributed by atoms with Gasteiger partial charge in [-0.1, -0.05) is 5.16 Å². The smallest absolute Gasteiger partial charge is 0.175 e. The molecule has 98 valence electrons. The number of hydroxylamine groups is 1. The molecule has 18 heavy (non-hydrogen) atoms. The molecule has 0 aliphatic heterocycles. The predicted molar refractivity (Wildman–Crippen MR) is 66.8 cm³/mol. The highest BCUT2D eigenvalue weighted by molar-refractivity contribution is 6.47. The largest absolute Gasteiger partial charge is 0.410 e. The quantitative estimate of drug-likeness (QED) is 0.327. The molecule has 0 aromatic heterocycles. The zero-order valence-electron chi connectivity index (χ0n) is 10.5. The minimum atomic E-state index is -0.471. The van der Waals surface area contributed by atoms with Crippen molar-refractivity contribution in [2.45, 2.75) is 26.3 Å². The monoisotopic (exact) mass is 253 g/mol. The van der Waals surface area contributed by atoms with Crippen molar-refractivity contribution in [1.29, 1.82) is 0 Å². The van der Waals surface area contributed by atoms with E-state index in [1.807, 2.05) is 26.3 Å². The van der Waals surface area contributed by atoms with Gasteiger partial charge in [-0.3, -0.25) is 15.7 Å². The second-order valence-corrected chi connectivity index (χ2v) is 4.70. The Kier molecular flexibility index (Phi) is 4.38. The van der Waals surface area contributed by atoms with Gasteiger partial charge in [0, 0.05) is 5.56 Å². The van der Waals surface area contributed by atoms with Crippen LogP contribution >= 0.6 is 0 Å². The predicted octanol–water partition coefficient (Wildman–Crippen LogP) is 2.18. The lowest BCUT2D eigenvalue weighted by Gasteiger charge is -2.15. The fourth-order valence-electron chi connectivity index (χ4n) is 1.32. The van der Waals surface area contributed by atoms with E-state index in [-0.39, 0.29) is 11.5 Å². The van der Waals surface area contributed by atoms with Crippen LogP contribution in [0.5, 0.6) is 0 Å². The standard InChI is InChI=1S/C12H16FN3O2/c1-12(2,3)14-11(16-18)10(15-17)8-4-6-9(13)7-5-8/h4-7,17-18H,1-3H3,(H,14,16)/b15-10+. The molecule has 0 heterocycles. The van der Waals surface area contributed by atoms with Crippen LogP contribution in [-0.2, 0) is 0 Å². The lowest BCUT2D eigenvalue weighted by atomic mass is 10.1. The molecule has 0 spiro atoms. The van der Waals surface area contributed by atoms with E-state index in [0.717, 1.165) is 0 Å². The van der Waals surface area contributed by atoms with Crippen LogP contribution in [0.3, 0.4) is 0 Å². The summed E-state index contributed by atoms with van der Waals surface area (Å²) in [7, 11) is 0. The summed E-state index contributed by atoms with van der Waals surface area (Å²) in [6, 6.07) is 5.32. The summed E-state index contributed by atoms with van der Waals surface area (Å²) in [5.41, 5.74) is 1.89. The van der Waals surface area contributed by atoms with Crippen LogP contribution < -0.4 is 5.48 Å². The molecule has 3 N–H and O–H groups in total. The van der Waals surface area contributed by atoms with Crippen molar-refractivity contribution < 1.29 is 14.8 Å². The molecule has 0 atom stereocenters. The molecule has 0 saturated carbocycles. The number of amidine groups is 1. The maximum Gasteiger partial charge on any atom is 0.175 e. The Morgan fingerprint density at radius 3 is 2.17 bits per heavy atom. The van der Waals surface area contributed by atoms with Crippen molar-refractivity contribution in [3.63, 3.8) is 0 Å². The number of halogens is 1. The van der Waals surface area contributed by atoms with Crippen LogP contribution in [0.2, 0.25) is 0 Å². The fourth-order valence-corrected chi connectivity index (χ4v) is 1.32. The number of aliphatic imine (C=N–C) groups is 1. The Bertz CT molecular complexity index is 461. The van der Waals surface area contributed by atoms with Crippen molar-refractivity contribution in [3.05, 3.63) is 35.6 Å². The average Bonchev–Trinajstić information content (AvgIpc) is 2.29. The number of nitrogens with zero attached hydrogens (tertiary/aromatic N) is 2. The molecule has 0 aliphatic rings. The Balaban J connectivity index is 3.17. The summed E-state index contributed by atoms with van der Waals surface area (Å²) >= 11 is 0. The van der Waals surface area contributed by atoms with Gasteiger partial charge >= 0.3 is 0 Å². The Morgan fingerprint density at radius 1 is 1.22 bits per heavy atom. The van der Waals surface area contributed by atoms with Gasteiger partial charge in [-0.2, -0.15) is 0 Å². The first-order chi connectivity index (χ1) is 8.37. The molecule has 0 radical (unpaired) electrons. The molecule has 0 fully saturated rings. The topological polar surface area (TPSA) is 77.2 Å². The van der Waals surface area contributed by atoms with Gasteiger partial charge in [-0.25, -0.2) is 4.39 Å². The first kappa shape index (κ1) is 14.1. The minimum absolute atomic E-state index is 0.0107. The number of oxime groups is 1. The first-order valence-electron chi connectivity index (χ1n) is 5.35. The van der Waals surface area contributed by atoms with Gasteiger partial charge < -0.3 is 5.21 Å². The van der Waals surface area contributed by atoms with Gasteiger partial charge in [0.05, 0.1) is 5.54 Å². The molecule has 5 nitrogen and oxygen atoms in total. The highest BCUT2D eigenvalue weighted by Crippen LogP contribution is 2.10. The Morgan fingerprint density at radius 2 is 1.78 bits per heavy atom. The second-order valence-electron chi connectivity index (χ2n) is 4.70. The highest BCUT2D eigenvalue weighted by Gasteiger charge is 2.16. The van der Waals surface area contributed by atoms with Crippen LogP contribution in [0.4, 0.5) is 4.39 Å². The maximum atomic E-state index is 12.8. The van der Waals surface area contributed by atoms with Crippen molar-refractivity contribution >= 4 is 11.5 Å². The minimum Gasteiger partial charge on any atom is -0.410 e.